The van der Waals surface area contributed by atoms with E-state index in [1.807, 2.05) is 6.08 Å². The van der Waals surface area contributed by atoms with Crippen molar-refractivity contribution in [2.45, 2.75) is 92.0 Å². The van der Waals surface area contributed by atoms with Gasteiger partial charge in [-0.1, -0.05) is 68.7 Å². The van der Waals surface area contributed by atoms with E-state index in [0.29, 0.717) is 12.0 Å². The average molecular weight is 401 g/mol. The molecule has 0 amide bonds. The highest BCUT2D eigenvalue weighted by atomic mass is 14.9. The summed E-state index contributed by atoms with van der Waals surface area (Å²) in [5, 5.41) is 7.16. The summed E-state index contributed by atoms with van der Waals surface area (Å²) in [5.74, 6) is 0.635. The Morgan fingerprint density at radius 1 is 1.03 bits per heavy atom. The van der Waals surface area contributed by atoms with Crippen molar-refractivity contribution in [2.75, 3.05) is 13.1 Å². The summed E-state index contributed by atoms with van der Waals surface area (Å²) >= 11 is 0. The summed E-state index contributed by atoms with van der Waals surface area (Å²) in [6.45, 7) is 25.1. The standard InChI is InChI=1S/C27H48N2/c1-9-12-18-29-25(8)27(11-3)21-24(7)28-19-16-14-13-15-17-23(6)20-26(10-2)22(4)5/h9-10,20,25,27-29H,1,4,7,11-19,21H2,2-3,5-6,8H3/b23-20+,26-10+/t25-,27?/m0/s1. The molecular weight excluding hydrogens is 352 g/mol. The molecule has 2 nitrogen and oxygen atoms in total. The number of unbranched alkanes of at least 4 members (excludes halogenated alkanes) is 3. The van der Waals surface area contributed by atoms with Crippen LogP contribution in [0, 0.1) is 5.92 Å². The zero-order valence-electron chi connectivity index (χ0n) is 20.1. The molecule has 0 saturated carbocycles. The minimum Gasteiger partial charge on any atom is -0.389 e. The van der Waals surface area contributed by atoms with Gasteiger partial charge >= 0.3 is 0 Å². The van der Waals surface area contributed by atoms with Gasteiger partial charge in [0, 0.05) is 18.3 Å². The fourth-order valence-electron chi connectivity index (χ4n) is 3.58. The summed E-state index contributed by atoms with van der Waals surface area (Å²) in [6, 6.07) is 0.516. The van der Waals surface area contributed by atoms with Crippen molar-refractivity contribution in [1.29, 1.82) is 0 Å². The van der Waals surface area contributed by atoms with Crippen LogP contribution in [0.3, 0.4) is 0 Å². The molecule has 2 atom stereocenters. The van der Waals surface area contributed by atoms with Crippen LogP contribution < -0.4 is 10.6 Å². The lowest BCUT2D eigenvalue weighted by Gasteiger charge is -2.25. The van der Waals surface area contributed by atoms with Crippen molar-refractivity contribution in [3.05, 3.63) is 60.4 Å². The maximum Gasteiger partial charge on any atom is 0.0143 e. The minimum atomic E-state index is 0.516. The van der Waals surface area contributed by atoms with Crippen LogP contribution in [0.1, 0.15) is 86.0 Å². The van der Waals surface area contributed by atoms with Gasteiger partial charge in [0.05, 0.1) is 0 Å². The first kappa shape index (κ1) is 27.5. The first-order chi connectivity index (χ1) is 13.8. The largest absolute Gasteiger partial charge is 0.389 e. The van der Waals surface area contributed by atoms with Gasteiger partial charge in [0.2, 0.25) is 0 Å². The number of hydrogen-bond donors (Lipinski definition) is 2. The molecule has 166 valence electrons. The number of nitrogens with one attached hydrogen (secondary N) is 2. The summed E-state index contributed by atoms with van der Waals surface area (Å²) in [5.41, 5.74) is 5.05. The summed E-state index contributed by atoms with van der Waals surface area (Å²) < 4.78 is 0. The van der Waals surface area contributed by atoms with Gasteiger partial charge in [-0.05, 0) is 77.8 Å². The van der Waals surface area contributed by atoms with Gasteiger partial charge in [0.15, 0.2) is 0 Å². The molecule has 0 aromatic heterocycles. The van der Waals surface area contributed by atoms with Crippen molar-refractivity contribution < 1.29 is 0 Å². The smallest absolute Gasteiger partial charge is 0.0143 e. The fourth-order valence-corrected chi connectivity index (χ4v) is 3.58. The second-order valence-electron chi connectivity index (χ2n) is 8.40. The lowest BCUT2D eigenvalue weighted by Crippen LogP contribution is -2.35. The maximum absolute atomic E-state index is 4.25. The molecule has 0 aliphatic rings. The van der Waals surface area contributed by atoms with Crippen molar-refractivity contribution in [3.63, 3.8) is 0 Å². The Balaban J connectivity index is 3.94. The Bertz CT molecular complexity index is 539. The van der Waals surface area contributed by atoms with E-state index >= 15 is 0 Å². The highest BCUT2D eigenvalue weighted by Crippen LogP contribution is 2.18. The molecule has 0 radical (unpaired) electrons. The van der Waals surface area contributed by atoms with Crippen LogP contribution in [-0.2, 0) is 0 Å². The van der Waals surface area contributed by atoms with Crippen LogP contribution in [0.5, 0.6) is 0 Å². The Morgan fingerprint density at radius 3 is 2.31 bits per heavy atom. The molecule has 2 heteroatoms. The lowest BCUT2D eigenvalue weighted by atomic mass is 9.93. The maximum atomic E-state index is 4.25. The van der Waals surface area contributed by atoms with Crippen LogP contribution >= 0.6 is 0 Å². The Labute approximate surface area is 182 Å². The van der Waals surface area contributed by atoms with E-state index in [1.165, 1.54) is 55.4 Å². The zero-order chi connectivity index (χ0) is 22.1. The SMILES string of the molecule is C=CCCN[C@@H](C)C(CC)CC(=C)NCCCCCC/C(C)=C/C(=C\C)C(=C)C. The lowest BCUT2D eigenvalue weighted by molar-refractivity contribution is 0.358. The first-order valence-electron chi connectivity index (χ1n) is 11.6. The van der Waals surface area contributed by atoms with E-state index in [4.69, 9.17) is 0 Å². The average Bonchev–Trinajstić information content (AvgIpc) is 2.69. The third-order valence-electron chi connectivity index (χ3n) is 5.63. The summed E-state index contributed by atoms with van der Waals surface area (Å²) in [7, 11) is 0. The molecular formula is C27H48N2. The van der Waals surface area contributed by atoms with Crippen LogP contribution in [-0.4, -0.2) is 19.1 Å². The Kier molecular flexibility index (Phi) is 16.4. The monoisotopic (exact) mass is 400 g/mol. The molecule has 0 heterocycles. The molecule has 0 aromatic carbocycles. The van der Waals surface area contributed by atoms with Crippen molar-refractivity contribution >= 4 is 0 Å². The van der Waals surface area contributed by atoms with Gasteiger partial charge in [-0.25, -0.2) is 0 Å². The highest BCUT2D eigenvalue weighted by molar-refractivity contribution is 5.37. The predicted octanol–water partition coefficient (Wildman–Crippen LogP) is 7.48. The van der Waals surface area contributed by atoms with E-state index in [1.54, 1.807) is 0 Å². The van der Waals surface area contributed by atoms with Crippen LogP contribution in [0.15, 0.2) is 60.4 Å². The molecule has 0 bridgehead atoms. The van der Waals surface area contributed by atoms with Crippen LogP contribution in [0.4, 0.5) is 0 Å². The number of rotatable bonds is 18. The Hall–Kier alpha value is -1.54. The van der Waals surface area contributed by atoms with E-state index in [2.05, 4.69) is 77.1 Å². The second kappa shape index (κ2) is 17.3. The van der Waals surface area contributed by atoms with Crippen molar-refractivity contribution in [2.24, 2.45) is 5.92 Å². The molecule has 0 aliphatic carbocycles. The molecule has 2 N–H and O–H groups in total. The van der Waals surface area contributed by atoms with Gasteiger partial charge in [-0.3, -0.25) is 0 Å². The number of allylic oxidation sites excluding steroid dienone is 6. The Morgan fingerprint density at radius 2 is 1.72 bits per heavy atom. The van der Waals surface area contributed by atoms with Crippen LogP contribution in [0.2, 0.25) is 0 Å². The molecule has 0 fully saturated rings. The first-order valence-corrected chi connectivity index (χ1v) is 11.6. The highest BCUT2D eigenvalue weighted by Gasteiger charge is 2.15. The second-order valence-corrected chi connectivity index (χ2v) is 8.40. The van der Waals surface area contributed by atoms with E-state index in [9.17, 15) is 0 Å². The molecule has 1 unspecified atom stereocenters. The normalized spacial score (nSPS) is 14.4. The third kappa shape index (κ3) is 14.1. The van der Waals surface area contributed by atoms with Crippen molar-refractivity contribution in [3.8, 4) is 0 Å². The van der Waals surface area contributed by atoms with Gasteiger partial charge in [0.25, 0.3) is 0 Å². The van der Waals surface area contributed by atoms with Crippen LogP contribution in [0.25, 0.3) is 0 Å². The van der Waals surface area contributed by atoms with Crippen molar-refractivity contribution in [1.82, 2.24) is 10.6 Å². The van der Waals surface area contributed by atoms with Gasteiger partial charge < -0.3 is 10.6 Å². The molecule has 0 spiro atoms. The van der Waals surface area contributed by atoms with Gasteiger partial charge in [-0.15, -0.1) is 6.58 Å². The summed E-state index contributed by atoms with van der Waals surface area (Å²) in [4.78, 5) is 0. The molecule has 0 rings (SSSR count). The zero-order valence-corrected chi connectivity index (χ0v) is 20.1. The van der Waals surface area contributed by atoms with E-state index in [0.717, 1.165) is 31.5 Å². The topological polar surface area (TPSA) is 24.1 Å². The summed E-state index contributed by atoms with van der Waals surface area (Å²) in [6.07, 6.45) is 15.9. The van der Waals surface area contributed by atoms with E-state index in [-0.39, 0.29) is 0 Å². The minimum absolute atomic E-state index is 0.516. The third-order valence-corrected chi connectivity index (χ3v) is 5.63. The molecule has 0 saturated heterocycles. The van der Waals surface area contributed by atoms with Gasteiger partial charge in [-0.2, -0.15) is 0 Å². The van der Waals surface area contributed by atoms with Gasteiger partial charge in [0.1, 0.15) is 0 Å². The molecule has 0 aromatic rings. The number of hydrogen-bond acceptors (Lipinski definition) is 2. The van der Waals surface area contributed by atoms with E-state index < -0.39 is 0 Å². The fraction of sp³-hybridized carbons (Fsp3) is 0.630. The predicted molar refractivity (Wildman–Crippen MR) is 133 cm³/mol. The quantitative estimate of drug-likeness (QED) is 0.141. The molecule has 29 heavy (non-hydrogen) atoms. The molecule has 0 aliphatic heterocycles.